The molecule has 0 radical (unpaired) electrons. The largest absolute Gasteiger partial charge is 0.330 e. The van der Waals surface area contributed by atoms with E-state index in [1.165, 1.54) is 6.07 Å². The molecule has 0 saturated heterocycles. The first-order chi connectivity index (χ1) is 8.52. The number of nitrogens with two attached hydrogens (primary N) is 1. The molecule has 0 aliphatic rings. The van der Waals surface area contributed by atoms with Gasteiger partial charge in [0.1, 0.15) is 5.82 Å². The molecule has 1 aromatic carbocycles. The molecule has 0 bridgehead atoms. The van der Waals surface area contributed by atoms with Crippen LogP contribution in [0.15, 0.2) is 23.1 Å². The lowest BCUT2D eigenvalue weighted by Crippen LogP contribution is -2.16. The molecule has 1 amide bonds. The second-order valence-corrected chi connectivity index (χ2v) is 4.49. The van der Waals surface area contributed by atoms with E-state index < -0.39 is 18.0 Å². The maximum Gasteiger partial charge on any atom is 0.247 e. The summed E-state index contributed by atoms with van der Waals surface area (Å²) in [5, 5.41) is 2.45. The number of thioether (sulfide) groups is 1. The minimum Gasteiger partial charge on any atom is -0.330 e. The summed E-state index contributed by atoms with van der Waals surface area (Å²) in [5.41, 5.74) is 5.40. The lowest BCUT2D eigenvalue weighted by Gasteiger charge is -2.10. The number of carbonyl (C=O) groups is 1. The van der Waals surface area contributed by atoms with Crippen LogP contribution in [-0.4, -0.2) is 24.6 Å². The number of halogens is 4. The van der Waals surface area contributed by atoms with Crippen LogP contribution < -0.4 is 11.1 Å². The Hall–Kier alpha value is -0.920. The van der Waals surface area contributed by atoms with E-state index in [-0.39, 0.29) is 37.0 Å². The lowest BCUT2D eigenvalue weighted by atomic mass is 10.3. The van der Waals surface area contributed by atoms with E-state index in [1.807, 2.05) is 0 Å². The molecule has 3 nitrogen and oxygen atoms in total. The van der Waals surface area contributed by atoms with E-state index in [4.69, 9.17) is 5.73 Å². The molecule has 1 rings (SSSR count). The monoisotopic (exact) mass is 314 g/mol. The number of nitrogens with one attached hydrogen (secondary N) is 1. The van der Waals surface area contributed by atoms with Gasteiger partial charge in [-0.2, -0.15) is 0 Å². The molecule has 0 fully saturated rings. The van der Waals surface area contributed by atoms with E-state index in [1.54, 1.807) is 0 Å². The van der Waals surface area contributed by atoms with Crippen LogP contribution in [0.4, 0.5) is 18.9 Å². The Balaban J connectivity index is 0.00000324. The Labute approximate surface area is 119 Å². The fourth-order valence-electron chi connectivity index (χ4n) is 1.22. The molecule has 0 saturated carbocycles. The van der Waals surface area contributed by atoms with Gasteiger partial charge in [-0.15, -0.1) is 24.2 Å². The third-order valence-corrected chi connectivity index (χ3v) is 3.04. The Morgan fingerprint density at radius 1 is 1.42 bits per heavy atom. The third kappa shape index (κ3) is 6.70. The third-order valence-electron chi connectivity index (χ3n) is 1.95. The summed E-state index contributed by atoms with van der Waals surface area (Å²) in [5.74, 6) is -1.33. The highest BCUT2D eigenvalue weighted by atomic mass is 35.5. The first-order valence-electron chi connectivity index (χ1n) is 5.23. The number of hydrogen-bond donors (Lipinski definition) is 2. The first kappa shape index (κ1) is 18.1. The van der Waals surface area contributed by atoms with Crippen molar-refractivity contribution in [3.05, 3.63) is 24.0 Å². The first-order valence-corrected chi connectivity index (χ1v) is 6.22. The van der Waals surface area contributed by atoms with Gasteiger partial charge in [0.15, 0.2) is 0 Å². The standard InChI is InChI=1S/C11H13F3N2OS.ClH/c12-7-1-2-9(18-6-10(13)14)8(5-7)16-11(17)3-4-15;/h1-2,5,10H,3-4,6,15H2,(H,16,17);1H. The normalized spacial score (nSPS) is 10.2. The van der Waals surface area contributed by atoms with Crippen molar-refractivity contribution in [1.82, 2.24) is 0 Å². The van der Waals surface area contributed by atoms with Crippen LogP contribution >= 0.6 is 24.2 Å². The van der Waals surface area contributed by atoms with Gasteiger partial charge in [-0.1, -0.05) is 0 Å². The number of anilines is 1. The molecule has 0 aromatic heterocycles. The van der Waals surface area contributed by atoms with Crippen LogP contribution in [0, 0.1) is 5.82 Å². The minimum absolute atomic E-state index is 0. The van der Waals surface area contributed by atoms with Crippen molar-refractivity contribution in [2.45, 2.75) is 17.7 Å². The summed E-state index contributed by atoms with van der Waals surface area (Å²) in [6.07, 6.45) is -2.37. The van der Waals surface area contributed by atoms with Crippen molar-refractivity contribution in [3.63, 3.8) is 0 Å². The molecule has 19 heavy (non-hydrogen) atoms. The highest BCUT2D eigenvalue weighted by Gasteiger charge is 2.11. The SMILES string of the molecule is Cl.NCCC(=O)Nc1cc(F)ccc1SCC(F)F. The highest BCUT2D eigenvalue weighted by Crippen LogP contribution is 2.29. The molecule has 3 N–H and O–H groups in total. The van der Waals surface area contributed by atoms with Gasteiger partial charge in [0, 0.05) is 17.9 Å². The zero-order chi connectivity index (χ0) is 13.5. The summed E-state index contributed by atoms with van der Waals surface area (Å²) < 4.78 is 37.3. The number of alkyl halides is 2. The smallest absolute Gasteiger partial charge is 0.247 e. The van der Waals surface area contributed by atoms with Gasteiger partial charge in [-0.3, -0.25) is 4.79 Å². The fraction of sp³-hybridized carbons (Fsp3) is 0.364. The summed E-state index contributed by atoms with van der Waals surface area (Å²) in [7, 11) is 0. The number of carbonyl (C=O) groups excluding carboxylic acids is 1. The highest BCUT2D eigenvalue weighted by molar-refractivity contribution is 7.99. The minimum atomic E-state index is -2.47. The van der Waals surface area contributed by atoms with E-state index >= 15 is 0 Å². The average Bonchev–Trinajstić information content (AvgIpc) is 2.28. The van der Waals surface area contributed by atoms with Crippen LogP contribution in [0.3, 0.4) is 0 Å². The fourth-order valence-corrected chi connectivity index (χ4v) is 1.96. The van der Waals surface area contributed by atoms with Gasteiger partial charge in [0.25, 0.3) is 0 Å². The van der Waals surface area contributed by atoms with Crippen molar-refractivity contribution in [2.24, 2.45) is 5.73 Å². The van der Waals surface area contributed by atoms with Crippen LogP contribution in [0.5, 0.6) is 0 Å². The van der Waals surface area contributed by atoms with Crippen LogP contribution in [-0.2, 0) is 4.79 Å². The van der Waals surface area contributed by atoms with E-state index in [9.17, 15) is 18.0 Å². The van der Waals surface area contributed by atoms with E-state index in [0.29, 0.717) is 4.90 Å². The molecule has 0 aliphatic heterocycles. The molecular weight excluding hydrogens is 301 g/mol. The molecule has 0 spiro atoms. The average molecular weight is 315 g/mol. The Morgan fingerprint density at radius 2 is 2.11 bits per heavy atom. The molecule has 0 unspecified atom stereocenters. The summed E-state index contributed by atoms with van der Waals surface area (Å²) in [4.78, 5) is 11.7. The summed E-state index contributed by atoms with van der Waals surface area (Å²) in [6, 6.07) is 3.62. The van der Waals surface area contributed by atoms with Gasteiger partial charge in [-0.05, 0) is 18.2 Å². The molecular formula is C11H14ClF3N2OS. The maximum absolute atomic E-state index is 13.0. The molecule has 0 aliphatic carbocycles. The van der Waals surface area contributed by atoms with Gasteiger partial charge in [0.2, 0.25) is 12.3 Å². The topological polar surface area (TPSA) is 55.1 Å². The zero-order valence-electron chi connectivity index (χ0n) is 9.87. The Kier molecular flexibility index (Phi) is 8.62. The second-order valence-electron chi connectivity index (χ2n) is 3.43. The van der Waals surface area contributed by atoms with Crippen LogP contribution in [0.25, 0.3) is 0 Å². The predicted octanol–water partition coefficient (Wildman–Crippen LogP) is 2.89. The van der Waals surface area contributed by atoms with Gasteiger partial charge in [-0.25, -0.2) is 13.2 Å². The van der Waals surface area contributed by atoms with Crippen molar-refractivity contribution >= 4 is 35.8 Å². The number of hydrogen-bond acceptors (Lipinski definition) is 3. The number of benzene rings is 1. The Bertz CT molecular complexity index is 421. The molecule has 108 valence electrons. The van der Waals surface area contributed by atoms with Crippen LogP contribution in [0.1, 0.15) is 6.42 Å². The van der Waals surface area contributed by atoms with E-state index in [0.717, 1.165) is 23.9 Å². The molecule has 0 atom stereocenters. The van der Waals surface area contributed by atoms with Gasteiger partial charge >= 0.3 is 0 Å². The molecule has 0 heterocycles. The lowest BCUT2D eigenvalue weighted by molar-refractivity contribution is -0.116. The van der Waals surface area contributed by atoms with Crippen molar-refractivity contribution in [3.8, 4) is 0 Å². The summed E-state index contributed by atoms with van der Waals surface area (Å²) in [6.45, 7) is 0.167. The van der Waals surface area contributed by atoms with E-state index in [2.05, 4.69) is 5.32 Å². The van der Waals surface area contributed by atoms with Crippen molar-refractivity contribution < 1.29 is 18.0 Å². The zero-order valence-corrected chi connectivity index (χ0v) is 11.5. The number of rotatable bonds is 6. The summed E-state index contributed by atoms with van der Waals surface area (Å²) >= 11 is 0.861. The predicted molar refractivity (Wildman–Crippen MR) is 72.7 cm³/mol. The van der Waals surface area contributed by atoms with Crippen molar-refractivity contribution in [2.75, 3.05) is 17.6 Å². The Morgan fingerprint density at radius 3 is 2.68 bits per heavy atom. The maximum atomic E-state index is 13.0. The molecule has 8 heteroatoms. The number of amides is 1. The van der Waals surface area contributed by atoms with Crippen molar-refractivity contribution in [1.29, 1.82) is 0 Å². The second kappa shape index (κ2) is 9.06. The van der Waals surface area contributed by atoms with Crippen LogP contribution in [0.2, 0.25) is 0 Å². The van der Waals surface area contributed by atoms with Gasteiger partial charge < -0.3 is 11.1 Å². The molecule has 1 aromatic rings. The van der Waals surface area contributed by atoms with Gasteiger partial charge in [0.05, 0.1) is 11.4 Å². The quantitative estimate of drug-likeness (QED) is 0.794.